The number of ether oxygens (including phenoxy) is 2. The molecule has 3 saturated heterocycles. The Hall–Kier alpha value is -1.51. The van der Waals surface area contributed by atoms with Gasteiger partial charge in [0.05, 0.1) is 18.8 Å². The van der Waals surface area contributed by atoms with Crippen LogP contribution in [0.3, 0.4) is 0 Å². The summed E-state index contributed by atoms with van der Waals surface area (Å²) in [5.74, 6) is 0.906. The fourth-order valence-electron chi connectivity index (χ4n) is 5.22. The first-order chi connectivity index (χ1) is 15.2. The van der Waals surface area contributed by atoms with Gasteiger partial charge in [-0.3, -0.25) is 4.90 Å². The molecule has 4 rings (SSSR count). The van der Waals surface area contributed by atoms with Crippen LogP contribution in [0.1, 0.15) is 39.5 Å². The number of rotatable bonds is 5. The molecule has 3 heterocycles. The van der Waals surface area contributed by atoms with Crippen LogP contribution in [0.15, 0.2) is 24.3 Å². The molecule has 3 aliphatic heterocycles. The molecule has 0 aliphatic carbocycles. The third-order valence-electron chi connectivity index (χ3n) is 7.12. The Bertz CT molecular complexity index is 725. The Labute approximate surface area is 189 Å². The van der Waals surface area contributed by atoms with Crippen LogP contribution in [0, 0.1) is 0 Å². The Balaban J connectivity index is 1.26. The average molecular weight is 456 g/mol. The van der Waals surface area contributed by atoms with Crippen LogP contribution in [0.4, 0.5) is 18.9 Å². The molecule has 0 saturated carbocycles. The van der Waals surface area contributed by atoms with Crippen LogP contribution in [-0.4, -0.2) is 86.1 Å². The summed E-state index contributed by atoms with van der Waals surface area (Å²) in [6.07, 6.45) is -0.288. The van der Waals surface area contributed by atoms with E-state index in [1.807, 2.05) is 12.1 Å². The van der Waals surface area contributed by atoms with Gasteiger partial charge in [0.15, 0.2) is 0 Å². The highest BCUT2D eigenvalue weighted by atomic mass is 19.4. The fourth-order valence-corrected chi connectivity index (χ4v) is 5.22. The van der Waals surface area contributed by atoms with Crippen LogP contribution in [0.25, 0.3) is 0 Å². The van der Waals surface area contributed by atoms with E-state index in [0.717, 1.165) is 63.3 Å². The number of hydrogen-bond donors (Lipinski definition) is 0. The highest BCUT2D eigenvalue weighted by Crippen LogP contribution is 2.34. The van der Waals surface area contributed by atoms with Gasteiger partial charge in [0, 0.05) is 51.0 Å². The number of nitrogens with zero attached hydrogens (tertiary/aromatic N) is 3. The zero-order valence-corrected chi connectivity index (χ0v) is 19.2. The molecule has 32 heavy (non-hydrogen) atoms. The second kappa shape index (κ2) is 9.77. The lowest BCUT2D eigenvalue weighted by Gasteiger charge is -2.47. The minimum Gasteiger partial charge on any atom is -0.490 e. The van der Waals surface area contributed by atoms with Crippen molar-refractivity contribution in [1.82, 2.24) is 9.80 Å². The molecule has 0 atom stereocenters. The molecule has 3 fully saturated rings. The average Bonchev–Trinajstić information content (AvgIpc) is 2.74. The zero-order valence-electron chi connectivity index (χ0n) is 19.2. The van der Waals surface area contributed by atoms with Crippen molar-refractivity contribution in [3.63, 3.8) is 0 Å². The third kappa shape index (κ3) is 6.08. The normalized spacial score (nSPS) is 23.8. The van der Waals surface area contributed by atoms with E-state index in [4.69, 9.17) is 9.47 Å². The van der Waals surface area contributed by atoms with Gasteiger partial charge in [-0.15, -0.1) is 0 Å². The van der Waals surface area contributed by atoms with Gasteiger partial charge in [-0.1, -0.05) is 0 Å². The van der Waals surface area contributed by atoms with E-state index in [-0.39, 0.29) is 6.10 Å². The standard InChI is InChI=1S/C24H36F3N3O2/c1-19(2)29-11-7-22(8-12-29)32-21-5-3-20(4-6-21)30-13-9-23(10-14-30)17-28(15-16-31-23)18-24(25,26)27/h3-6,19,22H,7-18H2,1-2H3. The number of morpholine rings is 1. The maximum absolute atomic E-state index is 12.8. The number of halogens is 3. The van der Waals surface area contributed by atoms with Crippen molar-refractivity contribution in [2.45, 2.75) is 63.5 Å². The van der Waals surface area contributed by atoms with E-state index in [0.29, 0.717) is 25.7 Å². The lowest BCUT2D eigenvalue weighted by Crippen LogP contribution is -2.58. The minimum atomic E-state index is -4.16. The third-order valence-corrected chi connectivity index (χ3v) is 7.12. The molecule has 0 aromatic heterocycles. The molecule has 8 heteroatoms. The second-order valence-corrected chi connectivity index (χ2v) is 9.79. The van der Waals surface area contributed by atoms with Crippen molar-refractivity contribution in [2.75, 3.05) is 57.3 Å². The van der Waals surface area contributed by atoms with E-state index in [1.54, 1.807) is 0 Å². The number of likely N-dealkylation sites (tertiary alicyclic amines) is 1. The van der Waals surface area contributed by atoms with E-state index in [9.17, 15) is 13.2 Å². The highest BCUT2D eigenvalue weighted by Gasteiger charge is 2.42. The van der Waals surface area contributed by atoms with Gasteiger partial charge in [0.25, 0.3) is 0 Å². The number of alkyl halides is 3. The first-order valence-corrected chi connectivity index (χ1v) is 11.9. The van der Waals surface area contributed by atoms with Gasteiger partial charge < -0.3 is 19.3 Å². The summed E-state index contributed by atoms with van der Waals surface area (Å²) in [5, 5.41) is 0. The smallest absolute Gasteiger partial charge is 0.401 e. The maximum atomic E-state index is 12.8. The Kier molecular flexibility index (Phi) is 7.22. The molecule has 180 valence electrons. The molecule has 1 aromatic carbocycles. The first-order valence-electron chi connectivity index (χ1n) is 11.9. The summed E-state index contributed by atoms with van der Waals surface area (Å²) in [6.45, 7) is 8.45. The summed E-state index contributed by atoms with van der Waals surface area (Å²) in [6, 6.07) is 8.85. The zero-order chi connectivity index (χ0) is 22.8. The van der Waals surface area contributed by atoms with E-state index in [2.05, 4.69) is 35.8 Å². The van der Waals surface area contributed by atoms with E-state index in [1.165, 1.54) is 4.90 Å². The lowest BCUT2D eigenvalue weighted by molar-refractivity contribution is -0.178. The molecule has 3 aliphatic rings. The molecule has 0 unspecified atom stereocenters. The largest absolute Gasteiger partial charge is 0.490 e. The predicted octanol–water partition coefficient (Wildman–Crippen LogP) is 4.17. The molecular weight excluding hydrogens is 419 g/mol. The molecular formula is C24H36F3N3O2. The van der Waals surface area contributed by atoms with Gasteiger partial charge in [0.1, 0.15) is 11.9 Å². The van der Waals surface area contributed by atoms with E-state index >= 15 is 0 Å². The second-order valence-electron chi connectivity index (χ2n) is 9.79. The number of benzene rings is 1. The Morgan fingerprint density at radius 1 is 1.03 bits per heavy atom. The van der Waals surface area contributed by atoms with Gasteiger partial charge in [-0.2, -0.15) is 13.2 Å². The lowest BCUT2D eigenvalue weighted by atomic mass is 9.89. The van der Waals surface area contributed by atoms with Crippen LogP contribution >= 0.6 is 0 Å². The number of anilines is 1. The summed E-state index contributed by atoms with van der Waals surface area (Å²) in [7, 11) is 0. The number of piperidine rings is 2. The minimum absolute atomic E-state index is 0.272. The maximum Gasteiger partial charge on any atom is 0.401 e. The molecule has 1 spiro atoms. The molecule has 5 nitrogen and oxygen atoms in total. The van der Waals surface area contributed by atoms with Crippen LogP contribution < -0.4 is 9.64 Å². The molecule has 0 N–H and O–H groups in total. The number of hydrogen-bond acceptors (Lipinski definition) is 5. The Morgan fingerprint density at radius 3 is 2.28 bits per heavy atom. The summed E-state index contributed by atoms with van der Waals surface area (Å²) < 4.78 is 50.6. The van der Waals surface area contributed by atoms with Crippen molar-refractivity contribution in [2.24, 2.45) is 0 Å². The van der Waals surface area contributed by atoms with Crippen LogP contribution in [-0.2, 0) is 4.74 Å². The summed E-state index contributed by atoms with van der Waals surface area (Å²) in [5.41, 5.74) is 0.679. The topological polar surface area (TPSA) is 28.2 Å². The van der Waals surface area contributed by atoms with Crippen molar-refractivity contribution in [3.8, 4) is 5.75 Å². The van der Waals surface area contributed by atoms with Crippen molar-refractivity contribution >= 4 is 5.69 Å². The summed E-state index contributed by atoms with van der Waals surface area (Å²) in [4.78, 5) is 6.28. The van der Waals surface area contributed by atoms with Crippen LogP contribution in [0.5, 0.6) is 5.75 Å². The fraction of sp³-hybridized carbons (Fsp3) is 0.750. The Morgan fingerprint density at radius 2 is 1.69 bits per heavy atom. The quantitative estimate of drug-likeness (QED) is 0.665. The van der Waals surface area contributed by atoms with Crippen molar-refractivity contribution in [1.29, 1.82) is 0 Å². The monoisotopic (exact) mass is 455 g/mol. The summed E-state index contributed by atoms with van der Waals surface area (Å²) >= 11 is 0. The van der Waals surface area contributed by atoms with Gasteiger partial charge >= 0.3 is 6.18 Å². The van der Waals surface area contributed by atoms with Gasteiger partial charge in [-0.25, -0.2) is 0 Å². The first kappa shape index (κ1) is 23.6. The molecule has 0 amide bonds. The SMILES string of the molecule is CC(C)N1CCC(Oc2ccc(N3CCC4(CC3)CN(CC(F)(F)F)CCO4)cc2)CC1. The van der Waals surface area contributed by atoms with Gasteiger partial charge in [0.2, 0.25) is 0 Å². The van der Waals surface area contributed by atoms with Crippen molar-refractivity contribution in [3.05, 3.63) is 24.3 Å². The highest BCUT2D eigenvalue weighted by molar-refractivity contribution is 5.49. The molecule has 0 radical (unpaired) electrons. The van der Waals surface area contributed by atoms with Gasteiger partial charge in [-0.05, 0) is 63.8 Å². The molecule has 0 bridgehead atoms. The molecule has 1 aromatic rings. The van der Waals surface area contributed by atoms with E-state index < -0.39 is 18.3 Å². The van der Waals surface area contributed by atoms with Crippen LogP contribution in [0.2, 0.25) is 0 Å². The van der Waals surface area contributed by atoms with Crippen molar-refractivity contribution < 1.29 is 22.6 Å². The predicted molar refractivity (Wildman–Crippen MR) is 119 cm³/mol.